The third-order valence-electron chi connectivity index (χ3n) is 2.37. The molecular weight excluding hydrogens is 228 g/mol. The van der Waals surface area contributed by atoms with Gasteiger partial charge < -0.3 is 4.84 Å². The molecule has 0 saturated carbocycles. The Morgan fingerprint density at radius 3 is 2.39 bits per heavy atom. The molecule has 0 bridgehead atoms. The van der Waals surface area contributed by atoms with Gasteiger partial charge in [0, 0.05) is 18.0 Å². The Morgan fingerprint density at radius 1 is 1.06 bits per heavy atom. The molecule has 0 atom stereocenters. The molecule has 0 aliphatic rings. The van der Waals surface area contributed by atoms with Gasteiger partial charge in [0.15, 0.2) is 0 Å². The van der Waals surface area contributed by atoms with E-state index in [4.69, 9.17) is 4.84 Å². The van der Waals surface area contributed by atoms with Gasteiger partial charge in [-0.05, 0) is 31.2 Å². The van der Waals surface area contributed by atoms with Crippen molar-refractivity contribution in [1.82, 2.24) is 4.98 Å². The van der Waals surface area contributed by atoms with E-state index in [9.17, 15) is 4.79 Å². The normalized spacial score (nSPS) is 11.1. The lowest BCUT2D eigenvalue weighted by Gasteiger charge is -2.00. The van der Waals surface area contributed by atoms with E-state index >= 15 is 0 Å². The summed E-state index contributed by atoms with van der Waals surface area (Å²) in [7, 11) is 0. The first-order valence-corrected chi connectivity index (χ1v) is 5.49. The Hall–Kier alpha value is -2.49. The van der Waals surface area contributed by atoms with Crippen LogP contribution in [0.3, 0.4) is 0 Å². The van der Waals surface area contributed by atoms with Gasteiger partial charge in [0.05, 0.1) is 11.3 Å². The number of carbonyl (C=O) groups is 1. The number of benzene rings is 1. The topological polar surface area (TPSA) is 51.5 Å². The zero-order valence-corrected chi connectivity index (χ0v) is 9.91. The third kappa shape index (κ3) is 3.01. The molecule has 0 saturated heterocycles. The van der Waals surface area contributed by atoms with Gasteiger partial charge in [0.2, 0.25) is 0 Å². The second kappa shape index (κ2) is 5.72. The highest BCUT2D eigenvalue weighted by Gasteiger charge is 2.06. The molecule has 2 aromatic rings. The van der Waals surface area contributed by atoms with Crippen molar-refractivity contribution in [3.05, 3.63) is 66.0 Å². The Morgan fingerprint density at radius 2 is 1.72 bits per heavy atom. The Balaban J connectivity index is 2.05. The van der Waals surface area contributed by atoms with E-state index in [1.54, 1.807) is 55.7 Å². The molecule has 0 aliphatic carbocycles. The van der Waals surface area contributed by atoms with E-state index in [1.165, 1.54) is 0 Å². The average molecular weight is 240 g/mol. The van der Waals surface area contributed by atoms with Crippen LogP contribution in [0.5, 0.6) is 0 Å². The summed E-state index contributed by atoms with van der Waals surface area (Å²) in [6, 6.07) is 12.3. The van der Waals surface area contributed by atoms with Gasteiger partial charge in [0.1, 0.15) is 0 Å². The second-order valence-electron chi connectivity index (χ2n) is 3.66. The van der Waals surface area contributed by atoms with Crippen LogP contribution in [0.1, 0.15) is 22.8 Å². The smallest absolute Gasteiger partial charge is 0.313 e. The minimum absolute atomic E-state index is 0.469. The molecule has 18 heavy (non-hydrogen) atoms. The summed E-state index contributed by atoms with van der Waals surface area (Å²) in [4.78, 5) is 20.4. The Bertz CT molecular complexity index is 551. The first kappa shape index (κ1) is 12.0. The highest BCUT2D eigenvalue weighted by atomic mass is 16.7. The molecule has 0 fully saturated rings. The zero-order chi connectivity index (χ0) is 12.8. The van der Waals surface area contributed by atoms with Gasteiger partial charge in [-0.1, -0.05) is 23.4 Å². The molecule has 0 unspecified atom stereocenters. The van der Waals surface area contributed by atoms with Gasteiger partial charge in [-0.3, -0.25) is 4.98 Å². The summed E-state index contributed by atoms with van der Waals surface area (Å²) in [6.07, 6.45) is 3.32. The molecule has 1 aromatic heterocycles. The van der Waals surface area contributed by atoms with Crippen LogP contribution >= 0.6 is 0 Å². The van der Waals surface area contributed by atoms with E-state index < -0.39 is 5.97 Å². The van der Waals surface area contributed by atoms with Crippen molar-refractivity contribution < 1.29 is 9.63 Å². The molecule has 1 aromatic carbocycles. The van der Waals surface area contributed by atoms with Gasteiger partial charge in [-0.25, -0.2) is 4.79 Å². The van der Waals surface area contributed by atoms with Crippen molar-refractivity contribution in [2.75, 3.05) is 0 Å². The lowest BCUT2D eigenvalue weighted by atomic mass is 10.2. The van der Waals surface area contributed by atoms with Crippen molar-refractivity contribution in [3.63, 3.8) is 0 Å². The third-order valence-corrected chi connectivity index (χ3v) is 2.37. The molecule has 4 heteroatoms. The van der Waals surface area contributed by atoms with Gasteiger partial charge in [-0.15, -0.1) is 0 Å². The maximum atomic E-state index is 11.6. The summed E-state index contributed by atoms with van der Waals surface area (Å²) >= 11 is 0. The van der Waals surface area contributed by atoms with Crippen LogP contribution in [0.25, 0.3) is 0 Å². The van der Waals surface area contributed by atoms with E-state index in [0.29, 0.717) is 11.3 Å². The molecular formula is C14H12N2O2. The minimum atomic E-state index is -0.469. The molecule has 2 rings (SSSR count). The molecule has 0 amide bonds. The number of hydrogen-bond acceptors (Lipinski definition) is 4. The molecule has 0 N–H and O–H groups in total. The molecule has 1 heterocycles. The van der Waals surface area contributed by atoms with Crippen LogP contribution in [0.15, 0.2) is 60.0 Å². The van der Waals surface area contributed by atoms with Crippen molar-refractivity contribution in [2.45, 2.75) is 6.92 Å². The maximum absolute atomic E-state index is 11.6. The lowest BCUT2D eigenvalue weighted by Crippen LogP contribution is -2.03. The van der Waals surface area contributed by atoms with Crippen LogP contribution in [0.4, 0.5) is 0 Å². The predicted octanol–water partition coefficient (Wildman–Crippen LogP) is 2.66. The predicted molar refractivity (Wildman–Crippen MR) is 68.3 cm³/mol. The highest BCUT2D eigenvalue weighted by Crippen LogP contribution is 2.03. The van der Waals surface area contributed by atoms with Crippen molar-refractivity contribution >= 4 is 11.7 Å². The summed E-state index contributed by atoms with van der Waals surface area (Å²) < 4.78 is 0. The van der Waals surface area contributed by atoms with Crippen LogP contribution in [-0.2, 0) is 4.84 Å². The largest absolute Gasteiger partial charge is 0.365 e. The van der Waals surface area contributed by atoms with Crippen LogP contribution in [-0.4, -0.2) is 16.7 Å². The maximum Gasteiger partial charge on any atom is 0.365 e. The monoisotopic (exact) mass is 240 g/mol. The molecule has 0 spiro atoms. The number of carbonyl (C=O) groups excluding carboxylic acids is 1. The van der Waals surface area contributed by atoms with Crippen molar-refractivity contribution in [1.29, 1.82) is 0 Å². The summed E-state index contributed by atoms with van der Waals surface area (Å²) in [5.74, 6) is -0.469. The van der Waals surface area contributed by atoms with Gasteiger partial charge in [0.25, 0.3) is 0 Å². The molecule has 0 radical (unpaired) electrons. The van der Waals surface area contributed by atoms with Gasteiger partial charge in [-0.2, -0.15) is 0 Å². The number of hydrogen-bond donors (Lipinski definition) is 0. The van der Waals surface area contributed by atoms with E-state index in [1.807, 2.05) is 6.07 Å². The molecule has 90 valence electrons. The summed E-state index contributed by atoms with van der Waals surface area (Å²) in [6.45, 7) is 1.77. The standard InChI is InChI=1S/C14H12N2O2/c1-11(12-7-9-15-10-8-12)16-18-14(17)13-5-3-2-4-6-13/h2-10H,1H3/b16-11+. The lowest BCUT2D eigenvalue weighted by molar-refractivity contribution is 0.0516. The Kier molecular flexibility index (Phi) is 3.81. The van der Waals surface area contributed by atoms with Crippen molar-refractivity contribution in [2.24, 2.45) is 5.16 Å². The summed E-state index contributed by atoms with van der Waals surface area (Å²) in [5, 5.41) is 3.81. The SMILES string of the molecule is C/C(=N\OC(=O)c1ccccc1)c1ccncc1. The number of oxime groups is 1. The first-order chi connectivity index (χ1) is 8.77. The fourth-order valence-electron chi connectivity index (χ4n) is 1.38. The zero-order valence-electron chi connectivity index (χ0n) is 9.91. The fourth-order valence-corrected chi connectivity index (χ4v) is 1.38. The van der Waals surface area contributed by atoms with Crippen molar-refractivity contribution in [3.8, 4) is 0 Å². The molecule has 4 nitrogen and oxygen atoms in total. The number of pyridine rings is 1. The molecule has 0 aliphatic heterocycles. The second-order valence-corrected chi connectivity index (χ2v) is 3.66. The minimum Gasteiger partial charge on any atom is -0.313 e. The number of nitrogens with zero attached hydrogens (tertiary/aromatic N) is 2. The van der Waals surface area contributed by atoms with Gasteiger partial charge >= 0.3 is 5.97 Å². The number of aromatic nitrogens is 1. The van der Waals surface area contributed by atoms with Crippen LogP contribution in [0, 0.1) is 0 Å². The quantitative estimate of drug-likeness (QED) is 0.471. The average Bonchev–Trinajstić information content (AvgIpc) is 2.46. The van der Waals surface area contributed by atoms with Crippen LogP contribution < -0.4 is 0 Å². The summed E-state index contributed by atoms with van der Waals surface area (Å²) in [5.41, 5.74) is 1.97. The highest BCUT2D eigenvalue weighted by molar-refractivity contribution is 5.99. The first-order valence-electron chi connectivity index (χ1n) is 5.49. The van der Waals surface area contributed by atoms with E-state index in [2.05, 4.69) is 10.1 Å². The van der Waals surface area contributed by atoms with Crippen LogP contribution in [0.2, 0.25) is 0 Å². The number of rotatable bonds is 3. The fraction of sp³-hybridized carbons (Fsp3) is 0.0714. The Labute approximate surface area is 105 Å². The van der Waals surface area contributed by atoms with E-state index in [-0.39, 0.29) is 0 Å². The van der Waals surface area contributed by atoms with E-state index in [0.717, 1.165) is 5.56 Å².